The fourth-order valence-corrected chi connectivity index (χ4v) is 3.72. The molecule has 0 radical (unpaired) electrons. The van der Waals surface area contributed by atoms with Crippen LogP contribution in [0, 0.1) is 11.6 Å². The molecule has 0 unspecified atom stereocenters. The Morgan fingerprint density at radius 2 is 1.97 bits per heavy atom. The van der Waals surface area contributed by atoms with Crippen LogP contribution in [0.3, 0.4) is 0 Å². The topological polar surface area (TPSA) is 86.3 Å². The van der Waals surface area contributed by atoms with Crippen molar-refractivity contribution in [2.75, 3.05) is 13.1 Å². The van der Waals surface area contributed by atoms with Crippen molar-refractivity contribution in [3.8, 4) is 5.95 Å². The molecule has 3 aromatic rings. The Labute approximate surface area is 178 Å². The van der Waals surface area contributed by atoms with Crippen LogP contribution in [0.15, 0.2) is 16.7 Å². The first-order valence-electron chi connectivity index (χ1n) is 10.4. The summed E-state index contributed by atoms with van der Waals surface area (Å²) in [7, 11) is 0. The number of nitrogens with zero attached hydrogens (tertiary/aromatic N) is 5. The third kappa shape index (κ3) is 4.11. The summed E-state index contributed by atoms with van der Waals surface area (Å²) in [5.74, 6) is -1.57. The lowest BCUT2D eigenvalue weighted by molar-refractivity contribution is 0.0198. The molecule has 1 amide bonds. The van der Waals surface area contributed by atoms with E-state index >= 15 is 0 Å². The minimum absolute atomic E-state index is 0.0102. The van der Waals surface area contributed by atoms with E-state index in [9.17, 15) is 13.6 Å². The van der Waals surface area contributed by atoms with Crippen molar-refractivity contribution >= 4 is 17.0 Å². The molecule has 0 N–H and O–H groups in total. The van der Waals surface area contributed by atoms with Crippen LogP contribution >= 0.6 is 0 Å². The summed E-state index contributed by atoms with van der Waals surface area (Å²) in [6.07, 6.45) is 1.46. The third-order valence-corrected chi connectivity index (χ3v) is 5.26. The van der Waals surface area contributed by atoms with Crippen molar-refractivity contribution in [3.63, 3.8) is 0 Å². The van der Waals surface area contributed by atoms with E-state index in [1.165, 1.54) is 10.7 Å². The molecule has 3 heterocycles. The summed E-state index contributed by atoms with van der Waals surface area (Å²) >= 11 is 0. The summed E-state index contributed by atoms with van der Waals surface area (Å²) in [5.41, 5.74) is 0.0587. The van der Waals surface area contributed by atoms with E-state index in [1.54, 1.807) is 4.90 Å². The van der Waals surface area contributed by atoms with Gasteiger partial charge in [0, 0.05) is 24.4 Å². The minimum Gasteiger partial charge on any atom is -0.444 e. The summed E-state index contributed by atoms with van der Waals surface area (Å²) in [5, 5.41) is 8.83. The maximum Gasteiger partial charge on any atom is 0.410 e. The van der Waals surface area contributed by atoms with Gasteiger partial charge >= 0.3 is 6.09 Å². The van der Waals surface area contributed by atoms with Crippen LogP contribution < -0.4 is 0 Å². The second-order valence-electron chi connectivity index (χ2n) is 8.64. The number of hydrogen-bond acceptors (Lipinski definition) is 6. The highest BCUT2D eigenvalue weighted by Gasteiger charge is 2.30. The molecule has 0 atom stereocenters. The molecule has 1 saturated heterocycles. The standard InChI is InChI=1S/C21H25F2N5O3/c1-5-15-13-6-7-14(22)16(23)17(13)28(25-15)19-24-18(31-26-19)12-8-10-27(11-9-12)20(29)30-21(2,3)4/h6-7,12H,5,8-11H2,1-4H3. The molecular formula is C21H25F2N5O3. The minimum atomic E-state index is -0.998. The molecule has 8 nitrogen and oxygen atoms in total. The van der Waals surface area contributed by atoms with Gasteiger partial charge in [0.15, 0.2) is 11.6 Å². The predicted octanol–water partition coefficient (Wildman–Crippen LogP) is 4.36. The number of halogens is 2. The van der Waals surface area contributed by atoms with Gasteiger partial charge in [0.1, 0.15) is 11.1 Å². The van der Waals surface area contributed by atoms with Gasteiger partial charge in [-0.3, -0.25) is 0 Å². The zero-order valence-corrected chi connectivity index (χ0v) is 18.0. The van der Waals surface area contributed by atoms with Crippen LogP contribution in [0.4, 0.5) is 13.6 Å². The van der Waals surface area contributed by atoms with Crippen LogP contribution in [0.2, 0.25) is 0 Å². The number of carbonyl (C=O) groups is 1. The summed E-state index contributed by atoms with van der Waals surface area (Å²) < 4.78 is 40.4. The van der Waals surface area contributed by atoms with Crippen molar-refractivity contribution in [2.24, 2.45) is 0 Å². The van der Waals surface area contributed by atoms with Crippen molar-refractivity contribution in [1.29, 1.82) is 0 Å². The first-order chi connectivity index (χ1) is 14.7. The Hall–Kier alpha value is -3.04. The third-order valence-electron chi connectivity index (χ3n) is 5.26. The Balaban J connectivity index is 1.54. The molecule has 1 aliphatic rings. The van der Waals surface area contributed by atoms with Gasteiger partial charge in [0.05, 0.1) is 5.69 Å². The lowest BCUT2D eigenvalue weighted by Gasteiger charge is -2.32. The normalized spacial score (nSPS) is 15.6. The number of fused-ring (bicyclic) bond motifs is 1. The number of likely N-dealkylation sites (tertiary alicyclic amines) is 1. The lowest BCUT2D eigenvalue weighted by atomic mass is 9.97. The quantitative estimate of drug-likeness (QED) is 0.610. The van der Waals surface area contributed by atoms with Gasteiger partial charge in [-0.2, -0.15) is 14.8 Å². The Morgan fingerprint density at radius 3 is 2.61 bits per heavy atom. The second-order valence-corrected chi connectivity index (χ2v) is 8.64. The van der Waals surface area contributed by atoms with Gasteiger partial charge in [0.25, 0.3) is 5.95 Å². The fourth-order valence-electron chi connectivity index (χ4n) is 3.72. The molecular weight excluding hydrogens is 408 g/mol. The first kappa shape index (κ1) is 21.2. The van der Waals surface area contributed by atoms with Gasteiger partial charge in [-0.1, -0.05) is 6.92 Å². The van der Waals surface area contributed by atoms with Gasteiger partial charge in [-0.05, 0) is 57.3 Å². The van der Waals surface area contributed by atoms with Crippen molar-refractivity contribution in [2.45, 2.75) is 58.5 Å². The number of carbonyl (C=O) groups excluding carboxylic acids is 1. The Kier molecular flexibility index (Phi) is 5.40. The fraction of sp³-hybridized carbons (Fsp3) is 0.524. The highest BCUT2D eigenvalue weighted by atomic mass is 19.2. The maximum atomic E-state index is 14.5. The lowest BCUT2D eigenvalue weighted by Crippen LogP contribution is -2.41. The number of hydrogen-bond donors (Lipinski definition) is 0. The van der Waals surface area contributed by atoms with Crippen LogP contribution in [0.25, 0.3) is 16.9 Å². The zero-order valence-electron chi connectivity index (χ0n) is 18.0. The molecule has 2 aromatic heterocycles. The molecule has 31 heavy (non-hydrogen) atoms. The maximum absolute atomic E-state index is 14.5. The number of aromatic nitrogens is 4. The summed E-state index contributed by atoms with van der Waals surface area (Å²) in [6, 6.07) is 2.59. The van der Waals surface area contributed by atoms with Crippen molar-refractivity contribution in [1.82, 2.24) is 24.8 Å². The molecule has 166 valence electrons. The van der Waals surface area contributed by atoms with Crippen molar-refractivity contribution < 1.29 is 22.8 Å². The second kappa shape index (κ2) is 7.90. The predicted molar refractivity (Wildman–Crippen MR) is 108 cm³/mol. The molecule has 0 spiro atoms. The Morgan fingerprint density at radius 1 is 1.26 bits per heavy atom. The number of piperidine rings is 1. The van der Waals surface area contributed by atoms with Crippen molar-refractivity contribution in [3.05, 3.63) is 35.4 Å². The SMILES string of the molecule is CCc1nn(-c2noc(C3CCN(C(=O)OC(C)(C)C)CC3)n2)c2c(F)c(F)ccc12. The van der Waals surface area contributed by atoms with E-state index in [0.29, 0.717) is 49.3 Å². The first-order valence-corrected chi connectivity index (χ1v) is 10.4. The van der Waals surface area contributed by atoms with Crippen LogP contribution in [-0.4, -0.2) is 49.6 Å². The monoisotopic (exact) mass is 433 g/mol. The molecule has 1 fully saturated rings. The molecule has 1 aromatic carbocycles. The van der Waals surface area contributed by atoms with E-state index in [-0.39, 0.29) is 23.5 Å². The molecule has 0 aliphatic carbocycles. The molecule has 0 bridgehead atoms. The van der Waals surface area contributed by atoms with Gasteiger partial charge in [0.2, 0.25) is 5.89 Å². The average Bonchev–Trinajstić information content (AvgIpc) is 3.34. The van der Waals surface area contributed by atoms with E-state index in [4.69, 9.17) is 9.26 Å². The Bertz CT molecular complexity index is 1110. The number of ether oxygens (including phenoxy) is 1. The van der Waals surface area contributed by atoms with E-state index in [2.05, 4.69) is 15.2 Å². The highest BCUT2D eigenvalue weighted by Crippen LogP contribution is 2.30. The van der Waals surface area contributed by atoms with Crippen LogP contribution in [-0.2, 0) is 11.2 Å². The van der Waals surface area contributed by atoms with Gasteiger partial charge in [-0.25, -0.2) is 13.6 Å². The molecule has 4 rings (SSSR count). The van der Waals surface area contributed by atoms with Crippen LogP contribution in [0.5, 0.6) is 0 Å². The van der Waals surface area contributed by atoms with E-state index in [0.717, 1.165) is 6.07 Å². The number of amides is 1. The smallest absolute Gasteiger partial charge is 0.410 e. The number of benzene rings is 1. The average molecular weight is 433 g/mol. The summed E-state index contributed by atoms with van der Waals surface area (Å²) in [6.45, 7) is 8.37. The molecule has 10 heteroatoms. The largest absolute Gasteiger partial charge is 0.444 e. The summed E-state index contributed by atoms with van der Waals surface area (Å²) in [4.78, 5) is 18.3. The van der Waals surface area contributed by atoms with E-state index in [1.807, 2.05) is 27.7 Å². The van der Waals surface area contributed by atoms with Gasteiger partial charge in [-0.15, -0.1) is 0 Å². The molecule has 1 aliphatic heterocycles. The van der Waals surface area contributed by atoms with Crippen LogP contribution in [0.1, 0.15) is 58.0 Å². The van der Waals surface area contributed by atoms with Gasteiger partial charge < -0.3 is 14.2 Å². The number of rotatable bonds is 3. The number of aryl methyl sites for hydroxylation is 1. The zero-order chi connectivity index (χ0) is 22.3. The molecule has 0 saturated carbocycles. The van der Waals surface area contributed by atoms with E-state index < -0.39 is 17.2 Å². The highest BCUT2D eigenvalue weighted by molar-refractivity contribution is 5.83.